The third kappa shape index (κ3) is 5.23. The molecule has 4 rings (SSSR count). The van der Waals surface area contributed by atoms with Crippen molar-refractivity contribution in [2.45, 2.75) is 24.5 Å². The zero-order valence-electron chi connectivity index (χ0n) is 16.0. The fraction of sp³-hybridized carbons (Fsp3) is 0.318. The smallest absolute Gasteiger partial charge is 0.277 e. The number of carbonyl (C=O) groups excluding carboxylic acids is 1. The van der Waals surface area contributed by atoms with Gasteiger partial charge >= 0.3 is 0 Å². The molecule has 0 unspecified atom stereocenters. The molecular formula is C22H22FN3O2S. The molecule has 7 heteroatoms. The van der Waals surface area contributed by atoms with Crippen LogP contribution in [-0.2, 0) is 11.2 Å². The van der Waals surface area contributed by atoms with Crippen LogP contribution in [0.25, 0.3) is 11.5 Å². The van der Waals surface area contributed by atoms with Crippen molar-refractivity contribution in [3.63, 3.8) is 0 Å². The molecule has 0 aliphatic carbocycles. The van der Waals surface area contributed by atoms with Crippen molar-refractivity contribution < 1.29 is 13.6 Å². The summed E-state index contributed by atoms with van der Waals surface area (Å²) in [6, 6.07) is 16.5. The average molecular weight is 412 g/mol. The fourth-order valence-electron chi connectivity index (χ4n) is 3.55. The zero-order chi connectivity index (χ0) is 20.1. The number of nitrogens with zero attached hydrogens (tertiary/aromatic N) is 3. The van der Waals surface area contributed by atoms with Crippen molar-refractivity contribution in [2.75, 3.05) is 18.8 Å². The molecule has 0 N–H and O–H groups in total. The molecule has 1 aliphatic heterocycles. The number of aromatic nitrogens is 2. The van der Waals surface area contributed by atoms with E-state index in [2.05, 4.69) is 34.5 Å². The number of piperidine rings is 1. The predicted octanol–water partition coefficient (Wildman–Crippen LogP) is 4.45. The highest BCUT2D eigenvalue weighted by molar-refractivity contribution is 7.99. The van der Waals surface area contributed by atoms with Crippen molar-refractivity contribution in [2.24, 2.45) is 5.92 Å². The van der Waals surface area contributed by atoms with E-state index < -0.39 is 0 Å². The molecule has 2 aromatic carbocycles. The van der Waals surface area contributed by atoms with Crippen LogP contribution in [0.15, 0.2) is 64.2 Å². The van der Waals surface area contributed by atoms with E-state index in [1.807, 2.05) is 11.0 Å². The molecule has 0 bridgehead atoms. The van der Waals surface area contributed by atoms with Gasteiger partial charge in [-0.1, -0.05) is 48.2 Å². The Bertz CT molecular complexity index is 955. The first-order valence-corrected chi connectivity index (χ1v) is 10.7. The van der Waals surface area contributed by atoms with Gasteiger partial charge in [0.05, 0.1) is 5.75 Å². The molecule has 0 spiro atoms. The molecule has 1 fully saturated rings. The van der Waals surface area contributed by atoms with Crippen molar-refractivity contribution in [1.29, 1.82) is 0 Å². The lowest BCUT2D eigenvalue weighted by atomic mass is 9.90. The van der Waals surface area contributed by atoms with Gasteiger partial charge in [-0.2, -0.15) is 0 Å². The third-order valence-electron chi connectivity index (χ3n) is 5.13. The Balaban J connectivity index is 1.24. The molecule has 29 heavy (non-hydrogen) atoms. The van der Waals surface area contributed by atoms with Gasteiger partial charge in [-0.3, -0.25) is 4.79 Å². The van der Waals surface area contributed by atoms with Gasteiger partial charge in [0.1, 0.15) is 5.82 Å². The molecule has 1 saturated heterocycles. The number of hydrogen-bond acceptors (Lipinski definition) is 5. The standard InChI is InChI=1S/C22H22FN3O2S/c23-19-8-4-7-18(14-19)21-24-25-22(28-21)29-15-20(27)26-11-9-17(10-12-26)13-16-5-2-1-3-6-16/h1-8,14,17H,9-13,15H2. The van der Waals surface area contributed by atoms with E-state index in [-0.39, 0.29) is 23.4 Å². The highest BCUT2D eigenvalue weighted by Gasteiger charge is 2.23. The zero-order valence-corrected chi connectivity index (χ0v) is 16.8. The van der Waals surface area contributed by atoms with E-state index in [9.17, 15) is 9.18 Å². The summed E-state index contributed by atoms with van der Waals surface area (Å²) in [6.45, 7) is 1.57. The first-order chi connectivity index (χ1) is 14.2. The third-order valence-corrected chi connectivity index (χ3v) is 5.93. The van der Waals surface area contributed by atoms with Crippen LogP contribution in [0.1, 0.15) is 18.4 Å². The van der Waals surface area contributed by atoms with E-state index in [1.165, 1.54) is 29.5 Å². The molecule has 1 aliphatic rings. The van der Waals surface area contributed by atoms with E-state index in [0.717, 1.165) is 32.4 Å². The van der Waals surface area contributed by atoms with Gasteiger partial charge in [-0.15, -0.1) is 10.2 Å². The summed E-state index contributed by atoms with van der Waals surface area (Å²) in [6.07, 6.45) is 3.12. The maximum atomic E-state index is 13.3. The normalized spacial score (nSPS) is 14.9. The first kappa shape index (κ1) is 19.6. The number of halogens is 1. The second kappa shape index (κ2) is 9.22. The van der Waals surface area contributed by atoms with Crippen molar-refractivity contribution in [3.8, 4) is 11.5 Å². The Labute approximate surface area is 173 Å². The van der Waals surface area contributed by atoms with Crippen LogP contribution in [-0.4, -0.2) is 39.8 Å². The molecule has 5 nitrogen and oxygen atoms in total. The lowest BCUT2D eigenvalue weighted by Gasteiger charge is -2.32. The van der Waals surface area contributed by atoms with Gasteiger partial charge in [-0.05, 0) is 48.9 Å². The van der Waals surface area contributed by atoms with Gasteiger partial charge in [0.15, 0.2) is 0 Å². The van der Waals surface area contributed by atoms with Crippen molar-refractivity contribution >= 4 is 17.7 Å². The number of carbonyl (C=O) groups is 1. The van der Waals surface area contributed by atoms with Crippen LogP contribution in [0.3, 0.4) is 0 Å². The second-order valence-corrected chi connectivity index (χ2v) is 8.11. The molecule has 3 aromatic rings. The minimum Gasteiger partial charge on any atom is -0.411 e. The number of thioether (sulfide) groups is 1. The maximum absolute atomic E-state index is 13.3. The van der Waals surface area contributed by atoms with Crippen LogP contribution < -0.4 is 0 Å². The molecule has 150 valence electrons. The fourth-order valence-corrected chi connectivity index (χ4v) is 4.22. The highest BCUT2D eigenvalue weighted by atomic mass is 32.2. The highest BCUT2D eigenvalue weighted by Crippen LogP contribution is 2.25. The Morgan fingerprint density at radius 3 is 2.66 bits per heavy atom. The average Bonchev–Trinajstić information content (AvgIpc) is 3.22. The van der Waals surface area contributed by atoms with Crippen molar-refractivity contribution in [1.82, 2.24) is 15.1 Å². The number of amides is 1. The van der Waals surface area contributed by atoms with E-state index >= 15 is 0 Å². The second-order valence-electron chi connectivity index (χ2n) is 7.19. The summed E-state index contributed by atoms with van der Waals surface area (Å²) < 4.78 is 18.9. The van der Waals surface area contributed by atoms with Crippen LogP contribution in [0.2, 0.25) is 0 Å². The summed E-state index contributed by atoms with van der Waals surface area (Å²) in [7, 11) is 0. The summed E-state index contributed by atoms with van der Waals surface area (Å²) in [5.74, 6) is 0.855. The topological polar surface area (TPSA) is 59.2 Å². The summed E-state index contributed by atoms with van der Waals surface area (Å²) in [5, 5.41) is 8.21. The number of hydrogen-bond donors (Lipinski definition) is 0. The quantitative estimate of drug-likeness (QED) is 0.561. The Kier molecular flexibility index (Phi) is 6.24. The lowest BCUT2D eigenvalue weighted by molar-refractivity contribution is -0.129. The molecular weight excluding hydrogens is 389 g/mol. The first-order valence-electron chi connectivity index (χ1n) is 9.71. The Morgan fingerprint density at radius 1 is 1.10 bits per heavy atom. The molecule has 2 heterocycles. The predicted molar refractivity (Wildman–Crippen MR) is 110 cm³/mol. The summed E-state index contributed by atoms with van der Waals surface area (Å²) >= 11 is 1.22. The Hall–Kier alpha value is -2.67. The molecule has 0 atom stereocenters. The largest absolute Gasteiger partial charge is 0.411 e. The van der Waals surface area contributed by atoms with Gasteiger partial charge in [0.2, 0.25) is 11.8 Å². The number of rotatable bonds is 6. The van der Waals surface area contributed by atoms with E-state index in [0.29, 0.717) is 16.7 Å². The van der Waals surface area contributed by atoms with Crippen LogP contribution in [0.4, 0.5) is 4.39 Å². The maximum Gasteiger partial charge on any atom is 0.277 e. The van der Waals surface area contributed by atoms with Crippen LogP contribution in [0.5, 0.6) is 0 Å². The van der Waals surface area contributed by atoms with Gasteiger partial charge in [0, 0.05) is 18.7 Å². The molecule has 1 aromatic heterocycles. The summed E-state index contributed by atoms with van der Waals surface area (Å²) in [4.78, 5) is 14.4. The van der Waals surface area contributed by atoms with Gasteiger partial charge in [-0.25, -0.2) is 4.39 Å². The number of likely N-dealkylation sites (tertiary alicyclic amines) is 1. The monoisotopic (exact) mass is 411 g/mol. The molecule has 0 saturated carbocycles. The SMILES string of the molecule is O=C(CSc1nnc(-c2cccc(F)c2)o1)N1CCC(Cc2ccccc2)CC1. The van der Waals surface area contributed by atoms with Crippen molar-refractivity contribution in [3.05, 3.63) is 66.0 Å². The number of benzene rings is 2. The summed E-state index contributed by atoms with van der Waals surface area (Å²) in [5.41, 5.74) is 1.88. The minimum absolute atomic E-state index is 0.0821. The van der Waals surface area contributed by atoms with Gasteiger partial charge in [0.25, 0.3) is 5.22 Å². The van der Waals surface area contributed by atoms with E-state index in [4.69, 9.17) is 4.42 Å². The Morgan fingerprint density at radius 2 is 1.90 bits per heavy atom. The van der Waals surface area contributed by atoms with Crippen LogP contribution >= 0.6 is 11.8 Å². The molecule has 0 radical (unpaired) electrons. The lowest BCUT2D eigenvalue weighted by Crippen LogP contribution is -2.39. The molecule has 1 amide bonds. The minimum atomic E-state index is -0.360. The van der Waals surface area contributed by atoms with Gasteiger partial charge < -0.3 is 9.32 Å². The van der Waals surface area contributed by atoms with E-state index in [1.54, 1.807) is 12.1 Å². The van der Waals surface area contributed by atoms with Crippen LogP contribution in [0, 0.1) is 11.7 Å².